The summed E-state index contributed by atoms with van der Waals surface area (Å²) in [6, 6.07) is 9.90. The number of amides is 1. The van der Waals surface area contributed by atoms with Crippen molar-refractivity contribution in [2.24, 2.45) is 0 Å². The highest BCUT2D eigenvalue weighted by atomic mass is 19.1. The number of halogens is 1. The van der Waals surface area contributed by atoms with Gasteiger partial charge in [0.1, 0.15) is 5.82 Å². The number of carbonyl (C=O) groups excluding carboxylic acids is 2. The van der Waals surface area contributed by atoms with Crippen LogP contribution >= 0.6 is 0 Å². The second kappa shape index (κ2) is 8.38. The quantitative estimate of drug-likeness (QED) is 0.448. The summed E-state index contributed by atoms with van der Waals surface area (Å²) in [6.45, 7) is 1.19. The third-order valence-electron chi connectivity index (χ3n) is 5.29. The topological polar surface area (TPSA) is 98.5 Å². The lowest BCUT2D eigenvalue weighted by atomic mass is 9.79. The maximum absolute atomic E-state index is 13.3. The van der Waals surface area contributed by atoms with Gasteiger partial charge in [-0.15, -0.1) is 0 Å². The Labute approximate surface area is 167 Å². The third kappa shape index (κ3) is 4.42. The fourth-order valence-electron chi connectivity index (χ4n) is 3.67. The van der Waals surface area contributed by atoms with Crippen LogP contribution in [0.5, 0.6) is 0 Å². The molecule has 0 bridgehead atoms. The van der Waals surface area contributed by atoms with Crippen LogP contribution in [0, 0.1) is 22.9 Å². The molecule has 0 unspecified atom stereocenters. The molecule has 1 N–H and O–H groups in total. The molecular weight excluding hydrogens is 379 g/mol. The second-order valence-corrected chi connectivity index (χ2v) is 7.18. The lowest BCUT2D eigenvalue weighted by Crippen LogP contribution is -2.36. The van der Waals surface area contributed by atoms with E-state index in [1.165, 1.54) is 30.3 Å². The molecule has 3 rings (SSSR count). The highest BCUT2D eigenvalue weighted by Crippen LogP contribution is 2.42. The molecule has 0 heterocycles. The van der Waals surface area contributed by atoms with Gasteiger partial charge in [-0.25, -0.2) is 4.39 Å². The largest absolute Gasteiger partial charge is 0.455 e. The summed E-state index contributed by atoms with van der Waals surface area (Å²) in [4.78, 5) is 35.4. The van der Waals surface area contributed by atoms with Gasteiger partial charge >= 0.3 is 5.97 Å². The molecule has 1 aliphatic rings. The third-order valence-corrected chi connectivity index (χ3v) is 5.29. The predicted molar refractivity (Wildman–Crippen MR) is 104 cm³/mol. The van der Waals surface area contributed by atoms with Gasteiger partial charge in [0.15, 0.2) is 6.61 Å². The van der Waals surface area contributed by atoms with Crippen LogP contribution in [-0.4, -0.2) is 23.4 Å². The van der Waals surface area contributed by atoms with Crippen LogP contribution in [0.3, 0.4) is 0 Å². The van der Waals surface area contributed by atoms with E-state index in [4.69, 9.17) is 4.74 Å². The second-order valence-electron chi connectivity index (χ2n) is 7.18. The summed E-state index contributed by atoms with van der Waals surface area (Å²) in [5, 5.41) is 13.4. The van der Waals surface area contributed by atoms with Crippen LogP contribution < -0.4 is 5.32 Å². The van der Waals surface area contributed by atoms with E-state index in [1.54, 1.807) is 19.1 Å². The van der Waals surface area contributed by atoms with E-state index in [9.17, 15) is 24.1 Å². The van der Waals surface area contributed by atoms with Gasteiger partial charge < -0.3 is 10.1 Å². The van der Waals surface area contributed by atoms with Crippen LogP contribution in [0.25, 0.3) is 0 Å². The van der Waals surface area contributed by atoms with Crippen LogP contribution in [0.4, 0.5) is 15.8 Å². The van der Waals surface area contributed by atoms with E-state index in [1.807, 2.05) is 0 Å². The molecule has 0 spiro atoms. The maximum Gasteiger partial charge on any atom is 0.317 e. The van der Waals surface area contributed by atoms with Gasteiger partial charge in [0, 0.05) is 12.1 Å². The van der Waals surface area contributed by atoms with Crippen molar-refractivity contribution >= 4 is 23.3 Å². The molecule has 1 aliphatic carbocycles. The molecule has 2 aromatic carbocycles. The normalized spacial score (nSPS) is 15.0. The summed E-state index contributed by atoms with van der Waals surface area (Å²) < 4.78 is 18.5. The first-order valence-corrected chi connectivity index (χ1v) is 9.30. The molecule has 0 radical (unpaired) electrons. The number of ether oxygens (including phenoxy) is 1. The highest BCUT2D eigenvalue weighted by Gasteiger charge is 2.44. The number of nitro benzene ring substituents is 1. The van der Waals surface area contributed by atoms with Crippen molar-refractivity contribution < 1.29 is 23.6 Å². The Bertz CT molecular complexity index is 937. The Balaban J connectivity index is 1.68. The molecular formula is C21H21FN2O5. The average molecular weight is 400 g/mol. The number of carbonyl (C=O) groups is 2. The van der Waals surface area contributed by atoms with Gasteiger partial charge in [-0.3, -0.25) is 19.7 Å². The zero-order valence-corrected chi connectivity index (χ0v) is 15.9. The van der Waals surface area contributed by atoms with Gasteiger partial charge in [0.05, 0.1) is 16.0 Å². The zero-order valence-electron chi connectivity index (χ0n) is 15.9. The van der Waals surface area contributed by atoms with Gasteiger partial charge in [-0.05, 0) is 43.0 Å². The van der Waals surface area contributed by atoms with Crippen molar-refractivity contribution in [2.75, 3.05) is 11.9 Å². The summed E-state index contributed by atoms with van der Waals surface area (Å²) in [5.74, 6) is -1.50. The fraction of sp³-hybridized carbons (Fsp3) is 0.333. The number of esters is 1. The number of aryl methyl sites for hydroxylation is 1. The van der Waals surface area contributed by atoms with Crippen LogP contribution in [0.1, 0.15) is 36.8 Å². The molecule has 29 heavy (non-hydrogen) atoms. The highest BCUT2D eigenvalue weighted by molar-refractivity contribution is 5.94. The minimum absolute atomic E-state index is 0.149. The molecule has 7 nitrogen and oxygen atoms in total. The minimum atomic E-state index is -0.880. The van der Waals surface area contributed by atoms with Crippen LogP contribution in [0.15, 0.2) is 42.5 Å². The molecule has 1 saturated carbocycles. The first kappa shape index (κ1) is 20.4. The van der Waals surface area contributed by atoms with E-state index in [-0.39, 0.29) is 17.2 Å². The smallest absolute Gasteiger partial charge is 0.317 e. The number of nitrogens with one attached hydrogen (secondary N) is 1. The molecule has 2 aromatic rings. The summed E-state index contributed by atoms with van der Waals surface area (Å²) in [6.07, 6.45) is 2.82. The number of hydrogen-bond acceptors (Lipinski definition) is 5. The minimum Gasteiger partial charge on any atom is -0.455 e. The van der Waals surface area contributed by atoms with Crippen molar-refractivity contribution in [3.8, 4) is 0 Å². The monoisotopic (exact) mass is 400 g/mol. The predicted octanol–water partition coefficient (Wildman–Crippen LogP) is 4.04. The van der Waals surface area contributed by atoms with Crippen LogP contribution in [-0.2, 0) is 19.7 Å². The van der Waals surface area contributed by atoms with Crippen molar-refractivity contribution in [2.45, 2.75) is 38.0 Å². The van der Waals surface area contributed by atoms with Crippen LogP contribution in [0.2, 0.25) is 0 Å². The van der Waals surface area contributed by atoms with Gasteiger partial charge in [0.25, 0.3) is 11.6 Å². The van der Waals surface area contributed by atoms with E-state index >= 15 is 0 Å². The average Bonchev–Trinajstić information content (AvgIpc) is 3.19. The molecule has 8 heteroatoms. The molecule has 0 atom stereocenters. The van der Waals surface area contributed by atoms with Gasteiger partial charge in [-0.2, -0.15) is 0 Å². The van der Waals surface area contributed by atoms with Crippen molar-refractivity contribution in [3.63, 3.8) is 0 Å². The number of hydrogen-bond donors (Lipinski definition) is 1. The fourth-order valence-corrected chi connectivity index (χ4v) is 3.67. The summed E-state index contributed by atoms with van der Waals surface area (Å²) in [5.41, 5.74) is 0.582. The lowest BCUT2D eigenvalue weighted by molar-refractivity contribution is -0.384. The van der Waals surface area contributed by atoms with Crippen molar-refractivity contribution in [1.29, 1.82) is 0 Å². The number of nitro groups is 1. The Hall–Kier alpha value is -3.29. The molecule has 0 saturated heterocycles. The van der Waals surface area contributed by atoms with Crippen molar-refractivity contribution in [3.05, 3.63) is 69.5 Å². The standard InChI is InChI=1S/C21H21FN2O5/c1-14-4-9-17(24(27)28)12-18(14)23-19(25)13-29-20(26)21(10-2-3-11-21)15-5-7-16(22)8-6-15/h4-9,12H,2-3,10-11,13H2,1H3,(H,23,25). The Kier molecular flexibility index (Phi) is 5.91. The molecule has 1 fully saturated rings. The summed E-state index contributed by atoms with van der Waals surface area (Å²) >= 11 is 0. The Morgan fingerprint density at radius 2 is 1.83 bits per heavy atom. The summed E-state index contributed by atoms with van der Waals surface area (Å²) in [7, 11) is 0. The Morgan fingerprint density at radius 1 is 1.17 bits per heavy atom. The van der Waals surface area contributed by atoms with Gasteiger partial charge in [0.2, 0.25) is 0 Å². The number of anilines is 1. The van der Waals surface area contributed by atoms with Crippen molar-refractivity contribution in [1.82, 2.24) is 0 Å². The number of non-ortho nitro benzene ring substituents is 1. The van der Waals surface area contributed by atoms with E-state index in [0.29, 0.717) is 24.0 Å². The zero-order chi connectivity index (χ0) is 21.0. The number of rotatable bonds is 6. The molecule has 0 aliphatic heterocycles. The Morgan fingerprint density at radius 3 is 2.45 bits per heavy atom. The first-order valence-electron chi connectivity index (χ1n) is 9.30. The lowest BCUT2D eigenvalue weighted by Gasteiger charge is -2.27. The first-order chi connectivity index (χ1) is 13.8. The van der Waals surface area contributed by atoms with E-state index < -0.39 is 28.8 Å². The number of benzene rings is 2. The van der Waals surface area contributed by atoms with Gasteiger partial charge in [-0.1, -0.05) is 31.0 Å². The molecule has 1 amide bonds. The van der Waals surface area contributed by atoms with E-state index in [0.717, 1.165) is 12.8 Å². The van der Waals surface area contributed by atoms with E-state index in [2.05, 4.69) is 5.32 Å². The molecule has 152 valence electrons. The number of nitrogens with zero attached hydrogens (tertiary/aromatic N) is 1. The maximum atomic E-state index is 13.3. The SMILES string of the molecule is Cc1ccc([N+](=O)[O-])cc1NC(=O)COC(=O)C1(c2ccc(F)cc2)CCCC1. The molecule has 0 aromatic heterocycles.